The van der Waals surface area contributed by atoms with Crippen LogP contribution in [0.2, 0.25) is 0 Å². The van der Waals surface area contributed by atoms with Gasteiger partial charge in [0, 0.05) is 0 Å². The van der Waals surface area contributed by atoms with Crippen LogP contribution in [0.25, 0.3) is 0 Å². The van der Waals surface area contributed by atoms with E-state index >= 15 is 0 Å². The van der Waals surface area contributed by atoms with Crippen LogP contribution in [0.4, 0.5) is 13.2 Å². The average molecular weight is 314 g/mol. The van der Waals surface area contributed by atoms with Crippen molar-refractivity contribution < 1.29 is 22.7 Å². The van der Waals surface area contributed by atoms with Crippen molar-refractivity contribution >= 4 is 17.3 Å². The molecule has 0 saturated heterocycles. The molecule has 0 amide bonds. The Morgan fingerprint density at radius 1 is 1.24 bits per heavy atom. The second-order valence-corrected chi connectivity index (χ2v) is 5.36. The summed E-state index contributed by atoms with van der Waals surface area (Å²) in [5.41, 5.74) is 0.381. The van der Waals surface area contributed by atoms with Crippen LogP contribution in [-0.4, -0.2) is 5.97 Å². The van der Waals surface area contributed by atoms with Crippen LogP contribution in [0.5, 0.6) is 5.06 Å². The zero-order valence-corrected chi connectivity index (χ0v) is 12.1. The molecular formula is C15H13F3O2S. The highest BCUT2D eigenvalue weighted by atomic mass is 32.1. The summed E-state index contributed by atoms with van der Waals surface area (Å²) in [6.45, 7) is 2.05. The molecule has 0 atom stereocenters. The van der Waals surface area contributed by atoms with E-state index in [0.29, 0.717) is 5.06 Å². The molecule has 21 heavy (non-hydrogen) atoms. The van der Waals surface area contributed by atoms with E-state index in [1.807, 2.05) is 12.3 Å². The van der Waals surface area contributed by atoms with Gasteiger partial charge >= 0.3 is 12.1 Å². The molecule has 6 heteroatoms. The fourth-order valence-electron chi connectivity index (χ4n) is 1.77. The van der Waals surface area contributed by atoms with Gasteiger partial charge < -0.3 is 4.74 Å². The van der Waals surface area contributed by atoms with Crippen LogP contribution in [0.3, 0.4) is 0 Å². The maximum atomic E-state index is 12.4. The zero-order valence-electron chi connectivity index (χ0n) is 11.2. The number of carbonyl (C=O) groups is 1. The van der Waals surface area contributed by atoms with Crippen molar-refractivity contribution in [2.24, 2.45) is 0 Å². The Kier molecular flexibility index (Phi) is 4.67. The van der Waals surface area contributed by atoms with E-state index in [1.165, 1.54) is 11.3 Å². The van der Waals surface area contributed by atoms with Gasteiger partial charge in [0.25, 0.3) is 0 Å². The first-order valence-corrected chi connectivity index (χ1v) is 7.25. The SMILES string of the molecule is CCCc1csc(OC(=O)c2ccc(C(F)(F)F)cc2)c1. The number of carbonyl (C=O) groups excluding carboxylic acids is 1. The molecule has 1 aromatic heterocycles. The van der Waals surface area contributed by atoms with Crippen LogP contribution in [0, 0.1) is 0 Å². The third kappa shape index (κ3) is 4.07. The number of ether oxygens (including phenoxy) is 1. The summed E-state index contributed by atoms with van der Waals surface area (Å²) < 4.78 is 42.4. The number of hydrogen-bond donors (Lipinski definition) is 0. The van der Waals surface area contributed by atoms with Crippen molar-refractivity contribution in [2.45, 2.75) is 25.9 Å². The summed E-state index contributed by atoms with van der Waals surface area (Å²) in [5.74, 6) is -0.659. The van der Waals surface area contributed by atoms with Gasteiger partial charge in [0.2, 0.25) is 0 Å². The molecule has 0 saturated carbocycles. The van der Waals surface area contributed by atoms with Crippen LogP contribution in [0.15, 0.2) is 35.7 Å². The Morgan fingerprint density at radius 2 is 1.90 bits per heavy atom. The maximum absolute atomic E-state index is 12.4. The third-order valence-electron chi connectivity index (χ3n) is 2.81. The predicted molar refractivity (Wildman–Crippen MR) is 74.7 cm³/mol. The van der Waals surface area contributed by atoms with Gasteiger partial charge in [-0.25, -0.2) is 4.79 Å². The number of benzene rings is 1. The first-order chi connectivity index (χ1) is 9.90. The molecule has 0 N–H and O–H groups in total. The standard InChI is InChI=1S/C15H13F3O2S/c1-2-3-10-8-13(21-9-10)20-14(19)11-4-6-12(7-5-11)15(16,17)18/h4-9H,2-3H2,1H3. The number of rotatable bonds is 4. The lowest BCUT2D eigenvalue weighted by atomic mass is 10.1. The minimum atomic E-state index is -4.41. The van der Waals surface area contributed by atoms with Gasteiger partial charge in [0.05, 0.1) is 11.1 Å². The van der Waals surface area contributed by atoms with E-state index in [-0.39, 0.29) is 5.56 Å². The molecule has 0 bridgehead atoms. The van der Waals surface area contributed by atoms with Crippen molar-refractivity contribution in [2.75, 3.05) is 0 Å². The molecule has 2 nitrogen and oxygen atoms in total. The van der Waals surface area contributed by atoms with Gasteiger partial charge in [0.1, 0.15) is 0 Å². The Labute approximate surface area is 124 Å². The van der Waals surface area contributed by atoms with Crippen LogP contribution in [0.1, 0.15) is 34.8 Å². The molecule has 0 aliphatic rings. The fourth-order valence-corrected chi connectivity index (χ4v) is 2.57. The summed E-state index contributed by atoms with van der Waals surface area (Å²) in [5, 5.41) is 2.35. The zero-order chi connectivity index (χ0) is 15.5. The monoisotopic (exact) mass is 314 g/mol. The fraction of sp³-hybridized carbons (Fsp3) is 0.267. The van der Waals surface area contributed by atoms with Crippen molar-refractivity contribution in [1.82, 2.24) is 0 Å². The van der Waals surface area contributed by atoms with E-state index < -0.39 is 17.7 Å². The van der Waals surface area contributed by atoms with Crippen molar-refractivity contribution in [3.63, 3.8) is 0 Å². The van der Waals surface area contributed by atoms with E-state index in [2.05, 4.69) is 0 Å². The molecule has 2 rings (SSSR count). The van der Waals surface area contributed by atoms with Gasteiger partial charge in [-0.3, -0.25) is 0 Å². The molecule has 0 fully saturated rings. The summed E-state index contributed by atoms with van der Waals surface area (Å²) in [6, 6.07) is 5.74. The number of halogens is 3. The molecular weight excluding hydrogens is 301 g/mol. The third-order valence-corrected chi connectivity index (χ3v) is 3.66. The molecule has 1 heterocycles. The van der Waals surface area contributed by atoms with E-state index in [0.717, 1.165) is 42.7 Å². The minimum absolute atomic E-state index is 0.0911. The lowest BCUT2D eigenvalue weighted by molar-refractivity contribution is -0.137. The molecule has 2 aromatic rings. The van der Waals surface area contributed by atoms with Crippen LogP contribution < -0.4 is 4.74 Å². The lowest BCUT2D eigenvalue weighted by Gasteiger charge is -2.07. The number of hydrogen-bond acceptors (Lipinski definition) is 3. The van der Waals surface area contributed by atoms with E-state index in [9.17, 15) is 18.0 Å². The minimum Gasteiger partial charge on any atom is -0.412 e. The summed E-state index contributed by atoms with van der Waals surface area (Å²) >= 11 is 1.30. The number of thiophene rings is 1. The Hall–Kier alpha value is -1.82. The normalized spacial score (nSPS) is 11.4. The topological polar surface area (TPSA) is 26.3 Å². The average Bonchev–Trinajstić information content (AvgIpc) is 2.86. The highest BCUT2D eigenvalue weighted by Crippen LogP contribution is 2.29. The highest BCUT2D eigenvalue weighted by molar-refractivity contribution is 7.12. The molecule has 0 aliphatic carbocycles. The smallest absolute Gasteiger partial charge is 0.412 e. The van der Waals surface area contributed by atoms with E-state index in [1.54, 1.807) is 6.07 Å². The molecule has 0 spiro atoms. The summed E-state index contributed by atoms with van der Waals surface area (Å²) in [7, 11) is 0. The highest BCUT2D eigenvalue weighted by Gasteiger charge is 2.30. The van der Waals surface area contributed by atoms with Gasteiger partial charge in [-0.05, 0) is 47.7 Å². The summed E-state index contributed by atoms with van der Waals surface area (Å²) in [6.07, 6.45) is -2.53. The lowest BCUT2D eigenvalue weighted by Crippen LogP contribution is -2.09. The molecule has 112 valence electrons. The van der Waals surface area contributed by atoms with Gasteiger partial charge in [-0.2, -0.15) is 13.2 Å². The second kappa shape index (κ2) is 6.30. The van der Waals surface area contributed by atoms with Crippen molar-refractivity contribution in [3.8, 4) is 5.06 Å². The Bertz CT molecular complexity index is 615. The first-order valence-electron chi connectivity index (χ1n) is 6.37. The van der Waals surface area contributed by atoms with Crippen molar-refractivity contribution in [1.29, 1.82) is 0 Å². The Morgan fingerprint density at radius 3 is 2.48 bits per heavy atom. The maximum Gasteiger partial charge on any atom is 0.416 e. The predicted octanol–water partition coefficient (Wildman–Crippen LogP) is 4.94. The number of esters is 1. The van der Waals surface area contributed by atoms with Crippen molar-refractivity contribution in [3.05, 3.63) is 52.4 Å². The number of alkyl halides is 3. The first kappa shape index (κ1) is 15.6. The molecule has 0 unspecified atom stereocenters. The van der Waals surface area contributed by atoms with Crippen LogP contribution in [-0.2, 0) is 12.6 Å². The molecule has 1 aromatic carbocycles. The summed E-state index contributed by atoms with van der Waals surface area (Å²) in [4.78, 5) is 11.8. The van der Waals surface area contributed by atoms with Gasteiger partial charge in [-0.1, -0.05) is 13.3 Å². The molecule has 0 radical (unpaired) electrons. The molecule has 0 aliphatic heterocycles. The van der Waals surface area contributed by atoms with Crippen LogP contribution >= 0.6 is 11.3 Å². The largest absolute Gasteiger partial charge is 0.416 e. The number of aryl methyl sites for hydroxylation is 1. The van der Waals surface area contributed by atoms with Gasteiger partial charge in [0.15, 0.2) is 5.06 Å². The van der Waals surface area contributed by atoms with E-state index in [4.69, 9.17) is 4.74 Å². The van der Waals surface area contributed by atoms with Gasteiger partial charge in [-0.15, -0.1) is 11.3 Å². The quantitative estimate of drug-likeness (QED) is 0.747. The Balaban J connectivity index is 2.06. The second-order valence-electron chi connectivity index (χ2n) is 4.49.